The molecule has 0 atom stereocenters. The third-order valence-electron chi connectivity index (χ3n) is 1.83. The molecular formula is C9H9ClN4O. The molecule has 2 heterocycles. The molecule has 2 rings (SSSR count). The summed E-state index contributed by atoms with van der Waals surface area (Å²) in [6.07, 6.45) is 4.70. The lowest BCUT2D eigenvalue weighted by atomic mass is 10.1. The Morgan fingerprint density at radius 3 is 2.80 bits per heavy atom. The molecule has 0 bridgehead atoms. The molecular weight excluding hydrogens is 216 g/mol. The van der Waals surface area contributed by atoms with Crippen LogP contribution in [-0.4, -0.2) is 21.1 Å². The second-order valence-corrected chi connectivity index (χ2v) is 2.80. The fraction of sp³-hybridized carbons (Fsp3) is 0. The topological polar surface area (TPSA) is 84.7 Å². The predicted octanol–water partition coefficient (Wildman–Crippen LogP) is 0.992. The molecule has 0 aliphatic heterocycles. The van der Waals surface area contributed by atoms with Gasteiger partial charge in [-0.2, -0.15) is 5.10 Å². The number of amides is 1. The Morgan fingerprint density at radius 2 is 2.20 bits per heavy atom. The van der Waals surface area contributed by atoms with Crippen LogP contribution < -0.4 is 5.73 Å². The number of carbonyl (C=O) groups is 1. The molecule has 1 amide bonds. The maximum Gasteiger partial charge on any atom is 0.250 e. The Hall–Kier alpha value is -1.88. The molecule has 6 heteroatoms. The second kappa shape index (κ2) is 4.56. The van der Waals surface area contributed by atoms with Gasteiger partial charge in [-0.15, -0.1) is 12.4 Å². The summed E-state index contributed by atoms with van der Waals surface area (Å²) in [6.45, 7) is 0. The highest BCUT2D eigenvalue weighted by atomic mass is 35.5. The quantitative estimate of drug-likeness (QED) is 0.798. The zero-order valence-electron chi connectivity index (χ0n) is 7.68. The third-order valence-corrected chi connectivity index (χ3v) is 1.83. The number of nitrogens with zero attached hydrogens (tertiary/aromatic N) is 2. The van der Waals surface area contributed by atoms with Gasteiger partial charge in [-0.05, 0) is 12.1 Å². The lowest BCUT2D eigenvalue weighted by Gasteiger charge is -1.98. The molecule has 5 nitrogen and oxygen atoms in total. The van der Waals surface area contributed by atoms with Gasteiger partial charge in [0.25, 0.3) is 0 Å². The molecule has 2 aromatic heterocycles. The summed E-state index contributed by atoms with van der Waals surface area (Å²) in [5.41, 5.74) is 7.11. The number of halogens is 1. The monoisotopic (exact) mass is 224 g/mol. The van der Waals surface area contributed by atoms with Gasteiger partial charge in [0.1, 0.15) is 0 Å². The van der Waals surface area contributed by atoms with Crippen LogP contribution in [0.5, 0.6) is 0 Å². The summed E-state index contributed by atoms with van der Waals surface area (Å²) in [7, 11) is 0. The van der Waals surface area contributed by atoms with Crippen molar-refractivity contribution in [3.05, 3.63) is 36.3 Å². The molecule has 0 saturated heterocycles. The lowest BCUT2D eigenvalue weighted by Crippen LogP contribution is -2.11. The first kappa shape index (κ1) is 11.2. The lowest BCUT2D eigenvalue weighted by molar-refractivity contribution is 0.1000. The number of nitrogens with two attached hydrogens (primary N) is 1. The first-order chi connectivity index (χ1) is 6.77. The van der Waals surface area contributed by atoms with Crippen LogP contribution in [0.1, 0.15) is 10.4 Å². The number of rotatable bonds is 2. The zero-order chi connectivity index (χ0) is 9.97. The van der Waals surface area contributed by atoms with Crippen molar-refractivity contribution in [3.63, 3.8) is 0 Å². The standard InChI is InChI=1S/C9H8N4O.ClH/c10-9(14)7-3-6(4-11-5-7)8-1-2-12-13-8;/h1-5H,(H2,10,14)(H,12,13);1H. The average Bonchev–Trinajstić information content (AvgIpc) is 2.71. The summed E-state index contributed by atoms with van der Waals surface area (Å²) < 4.78 is 0. The minimum atomic E-state index is -0.487. The normalized spacial score (nSPS) is 9.33. The highest BCUT2D eigenvalue weighted by molar-refractivity contribution is 5.93. The highest BCUT2D eigenvalue weighted by Crippen LogP contribution is 2.15. The Bertz CT molecular complexity index is 455. The molecule has 0 fully saturated rings. The van der Waals surface area contributed by atoms with Crippen molar-refractivity contribution in [2.45, 2.75) is 0 Å². The van der Waals surface area contributed by atoms with Crippen molar-refractivity contribution in [1.82, 2.24) is 15.2 Å². The Kier molecular flexibility index (Phi) is 3.41. The van der Waals surface area contributed by atoms with Crippen molar-refractivity contribution in [2.75, 3.05) is 0 Å². The number of hydrogen-bond acceptors (Lipinski definition) is 3. The minimum Gasteiger partial charge on any atom is -0.366 e. The van der Waals surface area contributed by atoms with Gasteiger partial charge in [0.15, 0.2) is 0 Å². The summed E-state index contributed by atoms with van der Waals surface area (Å²) in [5, 5.41) is 6.58. The van der Waals surface area contributed by atoms with E-state index in [1.54, 1.807) is 24.5 Å². The fourth-order valence-electron chi connectivity index (χ4n) is 1.14. The molecule has 0 spiro atoms. The number of H-pyrrole nitrogens is 1. The van der Waals surface area contributed by atoms with Gasteiger partial charge < -0.3 is 5.73 Å². The van der Waals surface area contributed by atoms with Gasteiger partial charge in [-0.3, -0.25) is 14.9 Å². The zero-order valence-corrected chi connectivity index (χ0v) is 8.49. The maximum absolute atomic E-state index is 10.9. The van der Waals surface area contributed by atoms with Gasteiger partial charge in [0, 0.05) is 24.2 Å². The average molecular weight is 225 g/mol. The summed E-state index contributed by atoms with van der Waals surface area (Å²) in [6, 6.07) is 3.46. The van der Waals surface area contributed by atoms with Crippen molar-refractivity contribution < 1.29 is 4.79 Å². The summed E-state index contributed by atoms with van der Waals surface area (Å²) in [4.78, 5) is 14.8. The number of aromatic nitrogens is 3. The maximum atomic E-state index is 10.9. The molecule has 2 aromatic rings. The Balaban J connectivity index is 0.00000112. The van der Waals surface area contributed by atoms with Gasteiger partial charge in [0.2, 0.25) is 5.91 Å². The van der Waals surface area contributed by atoms with Crippen LogP contribution in [0.25, 0.3) is 11.3 Å². The van der Waals surface area contributed by atoms with Gasteiger partial charge >= 0.3 is 0 Å². The Morgan fingerprint density at radius 1 is 1.40 bits per heavy atom. The number of carbonyl (C=O) groups excluding carboxylic acids is 1. The second-order valence-electron chi connectivity index (χ2n) is 2.80. The number of aromatic amines is 1. The van der Waals surface area contributed by atoms with Crippen molar-refractivity contribution >= 4 is 18.3 Å². The summed E-state index contributed by atoms with van der Waals surface area (Å²) >= 11 is 0. The predicted molar refractivity (Wildman–Crippen MR) is 57.6 cm³/mol. The largest absolute Gasteiger partial charge is 0.366 e. The first-order valence-corrected chi connectivity index (χ1v) is 4.02. The van der Waals surface area contributed by atoms with Gasteiger partial charge in [-0.1, -0.05) is 0 Å². The SMILES string of the molecule is Cl.NC(=O)c1cncc(-c2ccn[nH]2)c1. The molecule has 0 aromatic carbocycles. The number of primary amides is 1. The van der Waals surface area contributed by atoms with Crippen LogP contribution in [0.4, 0.5) is 0 Å². The van der Waals surface area contributed by atoms with Crippen molar-refractivity contribution in [3.8, 4) is 11.3 Å². The van der Waals surface area contributed by atoms with E-state index >= 15 is 0 Å². The highest BCUT2D eigenvalue weighted by Gasteiger charge is 2.04. The van der Waals surface area contributed by atoms with Crippen LogP contribution >= 0.6 is 12.4 Å². The molecule has 15 heavy (non-hydrogen) atoms. The molecule has 0 aliphatic rings. The molecule has 3 N–H and O–H groups in total. The van der Waals surface area contributed by atoms with E-state index in [4.69, 9.17) is 5.73 Å². The van der Waals surface area contributed by atoms with Crippen LogP contribution in [-0.2, 0) is 0 Å². The molecule has 0 saturated carbocycles. The molecule has 0 aliphatic carbocycles. The van der Waals surface area contributed by atoms with Crippen LogP contribution in [0.15, 0.2) is 30.7 Å². The van der Waals surface area contributed by atoms with E-state index in [1.807, 2.05) is 0 Å². The number of hydrogen-bond donors (Lipinski definition) is 2. The smallest absolute Gasteiger partial charge is 0.250 e. The van der Waals surface area contributed by atoms with E-state index < -0.39 is 5.91 Å². The molecule has 78 valence electrons. The van der Waals surface area contributed by atoms with Crippen molar-refractivity contribution in [1.29, 1.82) is 0 Å². The Labute approximate surface area is 92.1 Å². The van der Waals surface area contributed by atoms with Gasteiger partial charge in [-0.25, -0.2) is 0 Å². The van der Waals surface area contributed by atoms with E-state index in [1.165, 1.54) is 6.20 Å². The van der Waals surface area contributed by atoms with E-state index in [-0.39, 0.29) is 12.4 Å². The van der Waals surface area contributed by atoms with E-state index in [0.29, 0.717) is 5.56 Å². The molecule has 0 unspecified atom stereocenters. The van der Waals surface area contributed by atoms with Crippen molar-refractivity contribution in [2.24, 2.45) is 5.73 Å². The number of pyridine rings is 1. The van der Waals surface area contributed by atoms with E-state index in [2.05, 4.69) is 15.2 Å². The fourth-order valence-corrected chi connectivity index (χ4v) is 1.14. The van der Waals surface area contributed by atoms with Crippen LogP contribution in [0, 0.1) is 0 Å². The van der Waals surface area contributed by atoms with E-state index in [9.17, 15) is 4.79 Å². The van der Waals surface area contributed by atoms with Crippen LogP contribution in [0.2, 0.25) is 0 Å². The number of nitrogens with one attached hydrogen (secondary N) is 1. The summed E-state index contributed by atoms with van der Waals surface area (Å²) in [5.74, 6) is -0.487. The first-order valence-electron chi connectivity index (χ1n) is 4.02. The molecule has 0 radical (unpaired) electrons. The third kappa shape index (κ3) is 2.32. The van der Waals surface area contributed by atoms with E-state index in [0.717, 1.165) is 11.3 Å². The van der Waals surface area contributed by atoms with Gasteiger partial charge in [0.05, 0.1) is 11.3 Å². The van der Waals surface area contributed by atoms with Crippen LogP contribution in [0.3, 0.4) is 0 Å². The minimum absolute atomic E-state index is 0.